The van der Waals surface area contributed by atoms with Crippen LogP contribution < -0.4 is 0 Å². The highest BCUT2D eigenvalue weighted by Gasteiger charge is 2.24. The van der Waals surface area contributed by atoms with Crippen LogP contribution in [0.1, 0.15) is 61.3 Å². The number of benzene rings is 1. The van der Waals surface area contributed by atoms with E-state index in [-0.39, 0.29) is 11.7 Å². The summed E-state index contributed by atoms with van der Waals surface area (Å²) in [4.78, 5) is 22.9. The predicted octanol–water partition coefficient (Wildman–Crippen LogP) is 4.16. The van der Waals surface area contributed by atoms with Crippen LogP contribution in [0.2, 0.25) is 0 Å². The molecule has 0 amide bonds. The molecule has 1 fully saturated rings. The third kappa shape index (κ3) is 5.27. The van der Waals surface area contributed by atoms with Crippen molar-refractivity contribution in [1.29, 1.82) is 0 Å². The van der Waals surface area contributed by atoms with Gasteiger partial charge in [0.05, 0.1) is 12.4 Å². The molecule has 2 rings (SSSR count). The Balaban J connectivity index is 2.10. The van der Waals surface area contributed by atoms with Crippen LogP contribution in [0.5, 0.6) is 0 Å². The lowest BCUT2D eigenvalue weighted by atomic mass is 9.84. The molecule has 0 heterocycles. The number of carboxylic acid groups (broad SMARTS) is 1. The SMILES string of the molecule is CCOC(=O)C(SCC(=O)O)c1ccc(C2CCCCC2)cc1. The van der Waals surface area contributed by atoms with Crippen LogP contribution >= 0.6 is 11.8 Å². The molecule has 1 aliphatic carbocycles. The number of esters is 1. The largest absolute Gasteiger partial charge is 0.481 e. The first kappa shape index (κ1) is 17.9. The number of carbonyl (C=O) groups is 2. The highest BCUT2D eigenvalue weighted by Crippen LogP contribution is 2.35. The van der Waals surface area contributed by atoms with Crippen molar-refractivity contribution in [3.8, 4) is 0 Å². The van der Waals surface area contributed by atoms with Crippen LogP contribution in [0.25, 0.3) is 0 Å². The molecule has 1 aromatic carbocycles. The summed E-state index contributed by atoms with van der Waals surface area (Å²) < 4.78 is 5.08. The summed E-state index contributed by atoms with van der Waals surface area (Å²) in [7, 11) is 0. The molecule has 0 spiro atoms. The van der Waals surface area contributed by atoms with E-state index >= 15 is 0 Å². The van der Waals surface area contributed by atoms with Gasteiger partial charge < -0.3 is 9.84 Å². The molecule has 0 aromatic heterocycles. The van der Waals surface area contributed by atoms with Crippen molar-refractivity contribution in [2.45, 2.75) is 50.2 Å². The second-order valence-corrected chi connectivity index (χ2v) is 6.93. The summed E-state index contributed by atoms with van der Waals surface area (Å²) in [5, 5.41) is 8.28. The van der Waals surface area contributed by atoms with E-state index in [1.54, 1.807) is 6.92 Å². The zero-order valence-electron chi connectivity index (χ0n) is 13.5. The van der Waals surface area contributed by atoms with Gasteiger partial charge in [-0.05, 0) is 36.8 Å². The normalized spacial score (nSPS) is 16.7. The molecule has 1 aliphatic rings. The molecule has 23 heavy (non-hydrogen) atoms. The minimum absolute atomic E-state index is 0.117. The van der Waals surface area contributed by atoms with Gasteiger partial charge in [0, 0.05) is 0 Å². The van der Waals surface area contributed by atoms with E-state index < -0.39 is 11.2 Å². The molecular weight excluding hydrogens is 312 g/mol. The molecule has 126 valence electrons. The van der Waals surface area contributed by atoms with E-state index in [1.807, 2.05) is 12.1 Å². The van der Waals surface area contributed by atoms with E-state index in [0.717, 1.165) is 17.3 Å². The van der Waals surface area contributed by atoms with Gasteiger partial charge in [0.25, 0.3) is 0 Å². The minimum Gasteiger partial charge on any atom is -0.481 e. The lowest BCUT2D eigenvalue weighted by Gasteiger charge is -2.22. The Morgan fingerprint density at radius 3 is 2.43 bits per heavy atom. The predicted molar refractivity (Wildman–Crippen MR) is 91.7 cm³/mol. The van der Waals surface area contributed by atoms with Gasteiger partial charge in [-0.3, -0.25) is 9.59 Å². The second-order valence-electron chi connectivity index (χ2n) is 5.84. The van der Waals surface area contributed by atoms with Gasteiger partial charge in [-0.15, -0.1) is 11.8 Å². The van der Waals surface area contributed by atoms with Gasteiger partial charge in [-0.2, -0.15) is 0 Å². The van der Waals surface area contributed by atoms with Crippen LogP contribution in [0.4, 0.5) is 0 Å². The van der Waals surface area contributed by atoms with Crippen LogP contribution in [-0.2, 0) is 14.3 Å². The van der Waals surface area contributed by atoms with Gasteiger partial charge in [0.2, 0.25) is 0 Å². The fraction of sp³-hybridized carbons (Fsp3) is 0.556. The van der Waals surface area contributed by atoms with Gasteiger partial charge in [0.1, 0.15) is 5.25 Å². The van der Waals surface area contributed by atoms with E-state index in [2.05, 4.69) is 12.1 Å². The maximum Gasteiger partial charge on any atom is 0.323 e. The number of hydrogen-bond acceptors (Lipinski definition) is 4. The zero-order valence-corrected chi connectivity index (χ0v) is 14.3. The van der Waals surface area contributed by atoms with Gasteiger partial charge in [-0.25, -0.2) is 0 Å². The summed E-state index contributed by atoms with van der Waals surface area (Å²) >= 11 is 1.10. The molecular formula is C18H24O4S. The molecule has 1 aromatic rings. The molecule has 1 N–H and O–H groups in total. The summed E-state index contributed by atoms with van der Waals surface area (Å²) in [5.74, 6) is -0.800. The average Bonchev–Trinajstić information content (AvgIpc) is 2.56. The molecule has 5 heteroatoms. The number of rotatable bonds is 7. The van der Waals surface area contributed by atoms with Crippen molar-refractivity contribution >= 4 is 23.7 Å². The van der Waals surface area contributed by atoms with Crippen molar-refractivity contribution < 1.29 is 19.4 Å². The summed E-state index contributed by atoms with van der Waals surface area (Å²) in [6.45, 7) is 2.05. The first-order valence-electron chi connectivity index (χ1n) is 8.21. The van der Waals surface area contributed by atoms with Crippen molar-refractivity contribution in [2.75, 3.05) is 12.4 Å². The highest BCUT2D eigenvalue weighted by atomic mass is 32.2. The lowest BCUT2D eigenvalue weighted by molar-refractivity contribution is -0.142. The quantitative estimate of drug-likeness (QED) is 0.758. The molecule has 1 atom stereocenters. The van der Waals surface area contributed by atoms with Crippen molar-refractivity contribution in [3.05, 3.63) is 35.4 Å². The highest BCUT2D eigenvalue weighted by molar-refractivity contribution is 8.00. The topological polar surface area (TPSA) is 63.6 Å². The van der Waals surface area contributed by atoms with E-state index in [9.17, 15) is 9.59 Å². The van der Waals surface area contributed by atoms with Gasteiger partial charge in [-0.1, -0.05) is 43.5 Å². The number of carboxylic acids is 1. The maximum atomic E-state index is 12.1. The van der Waals surface area contributed by atoms with Gasteiger partial charge >= 0.3 is 11.9 Å². The van der Waals surface area contributed by atoms with Crippen molar-refractivity contribution in [3.63, 3.8) is 0 Å². The standard InChI is InChI=1S/C18H24O4S/c1-2-22-18(21)17(23-12-16(19)20)15-10-8-14(9-11-15)13-6-4-3-5-7-13/h8-11,13,17H,2-7,12H2,1H3,(H,19,20). The maximum absolute atomic E-state index is 12.1. The van der Waals surface area contributed by atoms with Crippen LogP contribution in [0.3, 0.4) is 0 Å². The Labute approximate surface area is 141 Å². The Kier molecular flexibility index (Phi) is 6.96. The van der Waals surface area contributed by atoms with Crippen LogP contribution in [0, 0.1) is 0 Å². The first-order valence-corrected chi connectivity index (χ1v) is 9.26. The Morgan fingerprint density at radius 2 is 1.87 bits per heavy atom. The van der Waals surface area contributed by atoms with Crippen molar-refractivity contribution in [2.24, 2.45) is 0 Å². The summed E-state index contributed by atoms with van der Waals surface area (Å²) in [5.41, 5.74) is 2.13. The van der Waals surface area contributed by atoms with Crippen LogP contribution in [0.15, 0.2) is 24.3 Å². The van der Waals surface area contributed by atoms with Crippen LogP contribution in [-0.4, -0.2) is 29.4 Å². The number of ether oxygens (including phenoxy) is 1. The third-order valence-electron chi connectivity index (χ3n) is 4.19. The second kappa shape index (κ2) is 8.96. The molecule has 0 bridgehead atoms. The average molecular weight is 336 g/mol. The minimum atomic E-state index is -0.928. The van der Waals surface area contributed by atoms with E-state index in [4.69, 9.17) is 9.84 Å². The third-order valence-corrected chi connectivity index (χ3v) is 5.40. The van der Waals surface area contributed by atoms with E-state index in [1.165, 1.54) is 37.7 Å². The fourth-order valence-electron chi connectivity index (χ4n) is 3.05. The monoisotopic (exact) mass is 336 g/mol. The number of carbonyl (C=O) groups excluding carboxylic acids is 1. The molecule has 0 aliphatic heterocycles. The summed E-state index contributed by atoms with van der Waals surface area (Å²) in [6.07, 6.45) is 6.35. The molecule has 0 radical (unpaired) electrons. The Morgan fingerprint density at radius 1 is 1.22 bits per heavy atom. The zero-order chi connectivity index (χ0) is 16.7. The molecule has 1 unspecified atom stereocenters. The number of aliphatic carboxylic acids is 1. The Bertz CT molecular complexity index is 520. The van der Waals surface area contributed by atoms with E-state index in [0.29, 0.717) is 12.5 Å². The number of hydrogen-bond donors (Lipinski definition) is 1. The number of thioether (sulfide) groups is 1. The summed E-state index contributed by atoms with van der Waals surface area (Å²) in [6, 6.07) is 8.05. The Hall–Kier alpha value is -1.49. The smallest absolute Gasteiger partial charge is 0.323 e. The van der Waals surface area contributed by atoms with Gasteiger partial charge in [0.15, 0.2) is 0 Å². The van der Waals surface area contributed by atoms with Crippen molar-refractivity contribution in [1.82, 2.24) is 0 Å². The molecule has 1 saturated carbocycles. The molecule has 0 saturated heterocycles. The molecule has 4 nitrogen and oxygen atoms in total. The lowest BCUT2D eigenvalue weighted by Crippen LogP contribution is -2.15. The fourth-order valence-corrected chi connectivity index (χ4v) is 3.91. The first-order chi connectivity index (χ1) is 11.1.